The maximum atomic E-state index is 12.5. The molecule has 0 spiro atoms. The van der Waals surface area contributed by atoms with E-state index in [1.165, 1.54) is 123 Å². The third-order valence-corrected chi connectivity index (χ3v) is 7.39. The average Bonchev–Trinajstić information content (AvgIpc) is 2.88. The van der Waals surface area contributed by atoms with E-state index in [2.05, 4.69) is 26.0 Å². The first-order valence-corrected chi connectivity index (χ1v) is 16.0. The van der Waals surface area contributed by atoms with Crippen molar-refractivity contribution in [2.75, 3.05) is 7.11 Å². The van der Waals surface area contributed by atoms with Crippen LogP contribution in [0.25, 0.3) is 0 Å². The van der Waals surface area contributed by atoms with Gasteiger partial charge in [-0.25, -0.2) is 0 Å². The number of hydrogen-bond donors (Lipinski definition) is 0. The van der Waals surface area contributed by atoms with Crippen molar-refractivity contribution >= 4 is 11.9 Å². The highest BCUT2D eigenvalue weighted by molar-refractivity contribution is 5.74. The first-order valence-electron chi connectivity index (χ1n) is 16.0. The van der Waals surface area contributed by atoms with E-state index in [-0.39, 0.29) is 24.0 Å². The molecule has 0 fully saturated rings. The third-order valence-electron chi connectivity index (χ3n) is 7.39. The van der Waals surface area contributed by atoms with Crippen molar-refractivity contribution in [2.24, 2.45) is 5.92 Å². The molecule has 0 saturated heterocycles. The molecule has 0 N–H and O–H groups in total. The topological polar surface area (TPSA) is 52.6 Å². The lowest BCUT2D eigenvalue weighted by Crippen LogP contribution is -2.33. The molecule has 4 nitrogen and oxygen atoms in total. The van der Waals surface area contributed by atoms with Crippen LogP contribution in [-0.2, 0) is 19.1 Å². The Balaban J connectivity index is 4.19. The molecular weight excluding hydrogens is 460 g/mol. The van der Waals surface area contributed by atoms with Crippen LogP contribution in [0.1, 0.15) is 168 Å². The number of hydrogen-bond acceptors (Lipinski definition) is 4. The van der Waals surface area contributed by atoms with Crippen molar-refractivity contribution in [3.8, 4) is 0 Å². The van der Waals surface area contributed by atoms with Gasteiger partial charge in [-0.15, -0.1) is 0 Å². The monoisotopic (exact) mass is 522 g/mol. The Hall–Kier alpha value is -1.32. The number of esters is 2. The zero-order valence-corrected chi connectivity index (χ0v) is 25.2. The maximum Gasteiger partial charge on any atom is 0.312 e. The highest BCUT2D eigenvalue weighted by atomic mass is 16.6. The zero-order chi connectivity index (χ0) is 27.4. The molecule has 0 radical (unpaired) electrons. The second-order valence-electron chi connectivity index (χ2n) is 10.9. The van der Waals surface area contributed by atoms with Crippen molar-refractivity contribution < 1.29 is 19.1 Å². The normalized spacial score (nSPS) is 13.1. The SMILES string of the molecule is CCCCCCC=CCCCCCCCC(OC(C)=O)C(CCCCCCCCCCCC)C(=O)OC. The molecule has 218 valence electrons. The largest absolute Gasteiger partial charge is 0.469 e. The molecule has 0 aromatic heterocycles. The second kappa shape index (κ2) is 27.7. The Labute approximate surface area is 230 Å². The van der Waals surface area contributed by atoms with E-state index in [9.17, 15) is 9.59 Å². The van der Waals surface area contributed by atoms with Gasteiger partial charge in [0, 0.05) is 6.92 Å². The molecular formula is C33H62O4. The minimum Gasteiger partial charge on any atom is -0.469 e. The molecule has 0 heterocycles. The lowest BCUT2D eigenvalue weighted by atomic mass is 9.91. The number of allylic oxidation sites excluding steroid dienone is 2. The van der Waals surface area contributed by atoms with Crippen LogP contribution in [0.2, 0.25) is 0 Å². The number of unbranched alkanes of at least 4 members (excludes halogenated alkanes) is 18. The lowest BCUT2D eigenvalue weighted by molar-refractivity contribution is -0.160. The van der Waals surface area contributed by atoms with E-state index in [1.54, 1.807) is 0 Å². The van der Waals surface area contributed by atoms with E-state index < -0.39 is 0 Å². The summed E-state index contributed by atoms with van der Waals surface area (Å²) in [6, 6.07) is 0. The highest BCUT2D eigenvalue weighted by Gasteiger charge is 2.30. The summed E-state index contributed by atoms with van der Waals surface area (Å²) in [6.45, 7) is 5.95. The van der Waals surface area contributed by atoms with Crippen LogP contribution in [0.4, 0.5) is 0 Å². The smallest absolute Gasteiger partial charge is 0.312 e. The van der Waals surface area contributed by atoms with Gasteiger partial charge in [-0.2, -0.15) is 0 Å². The molecule has 0 aliphatic rings. The highest BCUT2D eigenvalue weighted by Crippen LogP contribution is 2.24. The molecule has 0 aromatic carbocycles. The molecule has 0 aliphatic heterocycles. The van der Waals surface area contributed by atoms with Crippen LogP contribution in [-0.4, -0.2) is 25.2 Å². The summed E-state index contributed by atoms with van der Waals surface area (Å²) < 4.78 is 10.7. The van der Waals surface area contributed by atoms with E-state index >= 15 is 0 Å². The molecule has 37 heavy (non-hydrogen) atoms. The van der Waals surface area contributed by atoms with Crippen molar-refractivity contribution in [1.82, 2.24) is 0 Å². The van der Waals surface area contributed by atoms with Gasteiger partial charge < -0.3 is 9.47 Å². The minimum absolute atomic E-state index is 0.233. The first-order chi connectivity index (χ1) is 18.1. The fourth-order valence-electron chi connectivity index (χ4n) is 5.08. The van der Waals surface area contributed by atoms with E-state index in [0.29, 0.717) is 0 Å². The van der Waals surface area contributed by atoms with Gasteiger partial charge in [-0.3, -0.25) is 9.59 Å². The molecule has 2 atom stereocenters. The van der Waals surface area contributed by atoms with Crippen LogP contribution >= 0.6 is 0 Å². The molecule has 0 rings (SSSR count). The Morgan fingerprint density at radius 1 is 0.595 bits per heavy atom. The minimum atomic E-state index is -0.362. The predicted molar refractivity (Wildman–Crippen MR) is 158 cm³/mol. The van der Waals surface area contributed by atoms with Crippen LogP contribution in [0, 0.1) is 5.92 Å². The first kappa shape index (κ1) is 35.7. The quantitative estimate of drug-likeness (QED) is 0.0611. The number of methoxy groups -OCH3 is 1. The summed E-state index contributed by atoms with van der Waals surface area (Å²) >= 11 is 0. The summed E-state index contributed by atoms with van der Waals surface area (Å²) in [7, 11) is 1.44. The molecule has 0 aromatic rings. The Morgan fingerprint density at radius 2 is 1.00 bits per heavy atom. The van der Waals surface area contributed by atoms with Gasteiger partial charge in [0.05, 0.1) is 13.0 Å². The van der Waals surface area contributed by atoms with Gasteiger partial charge in [0.15, 0.2) is 0 Å². The van der Waals surface area contributed by atoms with E-state index in [0.717, 1.165) is 38.5 Å². The fraction of sp³-hybridized carbons (Fsp3) is 0.879. The Bertz CT molecular complexity index is 542. The zero-order valence-electron chi connectivity index (χ0n) is 25.2. The fourth-order valence-corrected chi connectivity index (χ4v) is 5.08. The molecule has 2 unspecified atom stereocenters. The summed E-state index contributed by atoms with van der Waals surface area (Å²) in [5, 5.41) is 0. The van der Waals surface area contributed by atoms with Crippen LogP contribution < -0.4 is 0 Å². The summed E-state index contributed by atoms with van der Waals surface area (Å²) in [6.07, 6.45) is 31.9. The lowest BCUT2D eigenvalue weighted by Gasteiger charge is -2.25. The number of rotatable bonds is 27. The number of ether oxygens (including phenoxy) is 2. The average molecular weight is 523 g/mol. The van der Waals surface area contributed by atoms with Crippen LogP contribution in [0.15, 0.2) is 12.2 Å². The van der Waals surface area contributed by atoms with Gasteiger partial charge in [0.1, 0.15) is 6.10 Å². The molecule has 0 saturated carbocycles. The van der Waals surface area contributed by atoms with Crippen LogP contribution in [0.5, 0.6) is 0 Å². The Morgan fingerprint density at radius 3 is 1.46 bits per heavy atom. The molecule has 0 amide bonds. The summed E-state index contributed by atoms with van der Waals surface area (Å²) in [4.78, 5) is 24.3. The summed E-state index contributed by atoms with van der Waals surface area (Å²) in [5.41, 5.74) is 0. The second-order valence-corrected chi connectivity index (χ2v) is 10.9. The van der Waals surface area contributed by atoms with Gasteiger partial charge in [0.2, 0.25) is 0 Å². The van der Waals surface area contributed by atoms with Gasteiger partial charge in [-0.1, -0.05) is 129 Å². The third kappa shape index (κ3) is 23.5. The number of carbonyl (C=O) groups excluding carboxylic acids is 2. The van der Waals surface area contributed by atoms with Crippen molar-refractivity contribution in [1.29, 1.82) is 0 Å². The maximum absolute atomic E-state index is 12.5. The predicted octanol–water partition coefficient (Wildman–Crippen LogP) is 10.3. The van der Waals surface area contributed by atoms with Crippen molar-refractivity contribution in [3.05, 3.63) is 12.2 Å². The standard InChI is InChI=1S/C33H62O4/c1-5-7-9-11-13-15-17-18-19-21-23-25-27-29-32(37-30(3)34)31(33(35)36-4)28-26-24-22-20-16-14-12-10-8-6-2/h15,17,31-32H,5-14,16,18-29H2,1-4H3. The van der Waals surface area contributed by atoms with E-state index in [4.69, 9.17) is 9.47 Å². The van der Waals surface area contributed by atoms with E-state index in [1.807, 2.05) is 0 Å². The molecule has 0 bridgehead atoms. The molecule has 0 aliphatic carbocycles. The van der Waals surface area contributed by atoms with Crippen molar-refractivity contribution in [3.63, 3.8) is 0 Å². The molecule has 4 heteroatoms. The van der Waals surface area contributed by atoms with Crippen molar-refractivity contribution in [2.45, 2.75) is 175 Å². The Kier molecular flexibility index (Phi) is 26.7. The van der Waals surface area contributed by atoms with Gasteiger partial charge >= 0.3 is 11.9 Å². The van der Waals surface area contributed by atoms with Gasteiger partial charge in [0.25, 0.3) is 0 Å². The number of carbonyl (C=O) groups is 2. The van der Waals surface area contributed by atoms with Crippen LogP contribution in [0.3, 0.4) is 0 Å². The summed E-state index contributed by atoms with van der Waals surface area (Å²) in [5.74, 6) is -0.877. The van der Waals surface area contributed by atoms with Gasteiger partial charge in [-0.05, 0) is 44.9 Å².